The smallest absolute Gasteiger partial charge is 0.241 e. The summed E-state index contributed by atoms with van der Waals surface area (Å²) < 4.78 is 13.3. The van der Waals surface area contributed by atoms with Crippen LogP contribution in [0.2, 0.25) is 0 Å². The zero-order chi connectivity index (χ0) is 18.0. The Morgan fingerprint density at radius 2 is 2.00 bits per heavy atom. The lowest BCUT2D eigenvalue weighted by Crippen LogP contribution is -2.40. The van der Waals surface area contributed by atoms with Crippen LogP contribution in [-0.4, -0.2) is 21.9 Å². The van der Waals surface area contributed by atoms with Gasteiger partial charge in [-0.15, -0.1) is 0 Å². The molecule has 0 radical (unpaired) electrons. The van der Waals surface area contributed by atoms with Crippen LogP contribution in [0.3, 0.4) is 0 Å². The van der Waals surface area contributed by atoms with Crippen LogP contribution in [0.5, 0.6) is 0 Å². The Morgan fingerprint density at radius 3 is 2.68 bits per heavy atom. The summed E-state index contributed by atoms with van der Waals surface area (Å²) in [6.45, 7) is 3.96. The second kappa shape index (κ2) is 7.03. The molecule has 2 atom stereocenters. The number of halogens is 1. The quantitative estimate of drug-likeness (QED) is 0.662. The maximum absolute atomic E-state index is 13.3. The number of hydrogen-bond donors (Lipinski definition) is 3. The summed E-state index contributed by atoms with van der Waals surface area (Å²) in [5.41, 5.74) is 8.81. The lowest BCUT2D eigenvalue weighted by Gasteiger charge is -2.17. The van der Waals surface area contributed by atoms with Crippen LogP contribution in [0, 0.1) is 11.7 Å². The molecule has 5 nitrogen and oxygen atoms in total. The van der Waals surface area contributed by atoms with Gasteiger partial charge >= 0.3 is 0 Å². The Kier molecular flexibility index (Phi) is 4.81. The number of imidazole rings is 1. The number of anilines is 1. The molecule has 0 aliphatic carbocycles. The first-order valence-electron chi connectivity index (χ1n) is 8.30. The summed E-state index contributed by atoms with van der Waals surface area (Å²) in [4.78, 5) is 19.7. The van der Waals surface area contributed by atoms with Gasteiger partial charge in [-0.3, -0.25) is 4.79 Å². The third-order valence-corrected chi connectivity index (χ3v) is 4.43. The molecule has 2 unspecified atom stereocenters. The monoisotopic (exact) mass is 340 g/mol. The van der Waals surface area contributed by atoms with Crippen LogP contribution in [0.1, 0.15) is 20.3 Å². The number of H-pyrrole nitrogens is 1. The van der Waals surface area contributed by atoms with Gasteiger partial charge in [0.2, 0.25) is 5.91 Å². The van der Waals surface area contributed by atoms with E-state index >= 15 is 0 Å². The van der Waals surface area contributed by atoms with Crippen LogP contribution < -0.4 is 11.1 Å². The first-order valence-corrected chi connectivity index (χ1v) is 8.30. The number of nitrogens with zero attached hydrogens (tertiary/aromatic N) is 1. The number of rotatable bonds is 5. The number of carbonyl (C=O) groups excluding carboxylic acids is 1. The van der Waals surface area contributed by atoms with E-state index in [4.69, 9.17) is 5.73 Å². The summed E-state index contributed by atoms with van der Waals surface area (Å²) in [5, 5.41) is 2.83. The summed E-state index contributed by atoms with van der Waals surface area (Å²) >= 11 is 0. The number of nitrogens with one attached hydrogen (secondary N) is 2. The van der Waals surface area contributed by atoms with Crippen molar-refractivity contribution in [1.29, 1.82) is 0 Å². The van der Waals surface area contributed by atoms with Gasteiger partial charge in [-0.2, -0.15) is 0 Å². The average molecular weight is 340 g/mol. The van der Waals surface area contributed by atoms with E-state index in [0.29, 0.717) is 22.5 Å². The molecule has 130 valence electrons. The number of carbonyl (C=O) groups is 1. The van der Waals surface area contributed by atoms with E-state index in [1.54, 1.807) is 18.2 Å². The van der Waals surface area contributed by atoms with Crippen LogP contribution in [0.25, 0.3) is 22.4 Å². The van der Waals surface area contributed by atoms with Crippen molar-refractivity contribution in [3.63, 3.8) is 0 Å². The van der Waals surface area contributed by atoms with E-state index in [-0.39, 0.29) is 17.6 Å². The van der Waals surface area contributed by atoms with Crippen LogP contribution in [0.15, 0.2) is 42.5 Å². The highest BCUT2D eigenvalue weighted by molar-refractivity contribution is 5.95. The van der Waals surface area contributed by atoms with Crippen molar-refractivity contribution in [2.24, 2.45) is 11.7 Å². The summed E-state index contributed by atoms with van der Waals surface area (Å²) in [7, 11) is 0. The molecule has 3 rings (SSSR count). The van der Waals surface area contributed by atoms with Gasteiger partial charge in [0.15, 0.2) is 0 Å². The molecule has 25 heavy (non-hydrogen) atoms. The van der Waals surface area contributed by atoms with E-state index < -0.39 is 6.04 Å². The molecule has 1 heterocycles. The van der Waals surface area contributed by atoms with Crippen molar-refractivity contribution in [1.82, 2.24) is 9.97 Å². The summed E-state index contributed by atoms with van der Waals surface area (Å²) in [6, 6.07) is 11.2. The van der Waals surface area contributed by atoms with Crippen molar-refractivity contribution < 1.29 is 9.18 Å². The highest BCUT2D eigenvalue weighted by atomic mass is 19.1. The number of nitrogens with two attached hydrogens (primary N) is 1. The lowest BCUT2D eigenvalue weighted by molar-refractivity contribution is -0.118. The van der Waals surface area contributed by atoms with Crippen molar-refractivity contribution in [3.05, 3.63) is 48.3 Å². The molecule has 0 bridgehead atoms. The average Bonchev–Trinajstić information content (AvgIpc) is 3.04. The topological polar surface area (TPSA) is 83.8 Å². The predicted octanol–water partition coefficient (Wildman–Crippen LogP) is 3.68. The number of benzene rings is 2. The summed E-state index contributed by atoms with van der Waals surface area (Å²) in [5.74, 6) is 0.268. The molecule has 0 fully saturated rings. The molecule has 2 aromatic carbocycles. The third-order valence-electron chi connectivity index (χ3n) is 4.43. The molecule has 0 aliphatic rings. The molecule has 0 aliphatic heterocycles. The normalized spacial score (nSPS) is 13.6. The second-order valence-electron chi connectivity index (χ2n) is 6.22. The molecule has 4 N–H and O–H groups in total. The van der Waals surface area contributed by atoms with Crippen molar-refractivity contribution >= 4 is 22.6 Å². The van der Waals surface area contributed by atoms with E-state index in [2.05, 4.69) is 15.3 Å². The van der Waals surface area contributed by atoms with Crippen molar-refractivity contribution in [2.75, 3.05) is 5.32 Å². The molecule has 6 heteroatoms. The first-order chi connectivity index (χ1) is 12.0. The molecule has 0 spiro atoms. The van der Waals surface area contributed by atoms with Gasteiger partial charge in [-0.05, 0) is 48.4 Å². The first kappa shape index (κ1) is 17.1. The van der Waals surface area contributed by atoms with Gasteiger partial charge in [0.25, 0.3) is 0 Å². The molecule has 0 saturated heterocycles. The maximum Gasteiger partial charge on any atom is 0.241 e. The van der Waals surface area contributed by atoms with Gasteiger partial charge in [-0.25, -0.2) is 9.37 Å². The Balaban J connectivity index is 1.76. The molecule has 0 saturated carbocycles. The Bertz CT molecular complexity index is 888. The standard InChI is InChI=1S/C19H21FN4O/c1-3-11(2)17(21)19(25)22-14-7-4-12(5-8-14)18-23-15-9-6-13(20)10-16(15)24-18/h4-11,17H,3,21H2,1-2H3,(H,22,25)(H,23,24). The highest BCUT2D eigenvalue weighted by Gasteiger charge is 2.19. The van der Waals surface area contributed by atoms with Gasteiger partial charge in [-0.1, -0.05) is 20.3 Å². The molecular weight excluding hydrogens is 319 g/mol. The number of amides is 1. The Labute approximate surface area is 145 Å². The van der Waals surface area contributed by atoms with Gasteiger partial charge < -0.3 is 16.0 Å². The Morgan fingerprint density at radius 1 is 1.28 bits per heavy atom. The minimum Gasteiger partial charge on any atom is -0.338 e. The second-order valence-corrected chi connectivity index (χ2v) is 6.22. The highest BCUT2D eigenvalue weighted by Crippen LogP contribution is 2.23. The largest absolute Gasteiger partial charge is 0.338 e. The molecule has 3 aromatic rings. The Hall–Kier alpha value is -2.73. The fourth-order valence-corrected chi connectivity index (χ4v) is 2.57. The van der Waals surface area contributed by atoms with E-state index in [1.165, 1.54) is 12.1 Å². The number of hydrogen-bond acceptors (Lipinski definition) is 3. The fraction of sp³-hybridized carbons (Fsp3) is 0.263. The maximum atomic E-state index is 13.3. The van der Waals surface area contributed by atoms with E-state index in [1.807, 2.05) is 26.0 Å². The fourth-order valence-electron chi connectivity index (χ4n) is 2.57. The number of aromatic nitrogens is 2. The molecule has 1 aromatic heterocycles. The minimum atomic E-state index is -0.532. The van der Waals surface area contributed by atoms with Gasteiger partial charge in [0.05, 0.1) is 17.1 Å². The molecular formula is C19H21FN4O. The zero-order valence-electron chi connectivity index (χ0n) is 14.2. The van der Waals surface area contributed by atoms with Crippen LogP contribution >= 0.6 is 0 Å². The number of fused-ring (bicyclic) bond motifs is 1. The van der Waals surface area contributed by atoms with Gasteiger partial charge in [0.1, 0.15) is 11.6 Å². The van der Waals surface area contributed by atoms with Crippen molar-refractivity contribution in [3.8, 4) is 11.4 Å². The van der Waals surface area contributed by atoms with Crippen LogP contribution in [0.4, 0.5) is 10.1 Å². The SMILES string of the molecule is CCC(C)C(N)C(=O)Nc1ccc(-c2nc3ccc(F)cc3[nH]2)cc1. The minimum absolute atomic E-state index is 0.121. The van der Waals surface area contributed by atoms with E-state index in [9.17, 15) is 9.18 Å². The van der Waals surface area contributed by atoms with E-state index in [0.717, 1.165) is 12.0 Å². The van der Waals surface area contributed by atoms with Crippen molar-refractivity contribution in [2.45, 2.75) is 26.3 Å². The lowest BCUT2D eigenvalue weighted by atomic mass is 9.99. The van der Waals surface area contributed by atoms with Crippen LogP contribution in [-0.2, 0) is 4.79 Å². The number of aromatic amines is 1. The summed E-state index contributed by atoms with van der Waals surface area (Å²) in [6.07, 6.45) is 0.847. The van der Waals surface area contributed by atoms with Gasteiger partial charge in [0, 0.05) is 11.3 Å². The third kappa shape index (κ3) is 3.69. The zero-order valence-corrected chi connectivity index (χ0v) is 14.2. The molecule has 1 amide bonds. The predicted molar refractivity (Wildman–Crippen MR) is 97.5 cm³/mol.